The first-order valence-electron chi connectivity index (χ1n) is 6.71. The lowest BCUT2D eigenvalue weighted by Gasteiger charge is -2.13. The van der Waals surface area contributed by atoms with Crippen LogP contribution in [0.2, 0.25) is 0 Å². The topological polar surface area (TPSA) is 63.9 Å². The lowest BCUT2D eigenvalue weighted by atomic mass is 9.95. The van der Waals surface area contributed by atoms with Gasteiger partial charge in [-0.25, -0.2) is 8.78 Å². The quantitative estimate of drug-likeness (QED) is 0.872. The van der Waals surface area contributed by atoms with Crippen LogP contribution in [-0.2, 0) is 6.42 Å². The van der Waals surface area contributed by atoms with E-state index in [1.165, 1.54) is 12.1 Å². The monoisotopic (exact) mass is 300 g/mol. The van der Waals surface area contributed by atoms with Gasteiger partial charge in [0.15, 0.2) is 0 Å². The number of aryl methyl sites for hydroxylation is 1. The second kappa shape index (κ2) is 6.35. The number of nitrogens with zero attached hydrogens (tertiary/aromatic N) is 1. The summed E-state index contributed by atoms with van der Waals surface area (Å²) in [5.41, 5.74) is 0.249. The van der Waals surface area contributed by atoms with E-state index in [4.69, 9.17) is 5.26 Å². The molecule has 0 amide bonds. The summed E-state index contributed by atoms with van der Waals surface area (Å²) in [6.07, 6.45) is 1.56. The Hall–Kier alpha value is -2.74. The van der Waals surface area contributed by atoms with Crippen molar-refractivity contribution in [3.63, 3.8) is 0 Å². The summed E-state index contributed by atoms with van der Waals surface area (Å²) in [6, 6.07) is 7.94. The molecule has 5 heteroatoms. The number of hydrogen-bond acceptors (Lipinski definition) is 3. The van der Waals surface area contributed by atoms with Crippen LogP contribution in [0.1, 0.15) is 34.8 Å². The third-order valence-corrected chi connectivity index (χ3v) is 3.31. The second-order valence-corrected chi connectivity index (χ2v) is 4.84. The zero-order chi connectivity index (χ0) is 16.3. The van der Waals surface area contributed by atoms with Gasteiger partial charge in [-0.1, -0.05) is 31.5 Å². The maximum absolute atomic E-state index is 13.8. The summed E-state index contributed by atoms with van der Waals surface area (Å²) < 4.78 is 27.5. The van der Waals surface area contributed by atoms with E-state index in [0.717, 1.165) is 24.1 Å². The van der Waals surface area contributed by atoms with Gasteiger partial charge in [-0.05, 0) is 35.2 Å². The van der Waals surface area contributed by atoms with Gasteiger partial charge in [0.25, 0.3) is 0 Å². The zero-order valence-electron chi connectivity index (χ0n) is 11.8. The molecule has 2 aromatic carbocycles. The van der Waals surface area contributed by atoms with Crippen LogP contribution in [0.3, 0.4) is 0 Å². The maximum Gasteiger partial charge on any atom is 0.144 e. The average Bonchev–Trinajstić information content (AvgIpc) is 2.47. The molecule has 2 aromatic rings. The third kappa shape index (κ3) is 2.96. The highest BCUT2D eigenvalue weighted by molar-refractivity contribution is 5.95. The van der Waals surface area contributed by atoms with Crippen molar-refractivity contribution in [3.8, 4) is 17.2 Å². The van der Waals surface area contributed by atoms with E-state index in [-0.39, 0.29) is 16.7 Å². The Kier molecular flexibility index (Phi) is 4.52. The van der Waals surface area contributed by atoms with E-state index in [9.17, 15) is 18.7 Å². The minimum absolute atomic E-state index is 0.0613. The van der Waals surface area contributed by atoms with Crippen LogP contribution < -0.4 is 5.11 Å². The van der Waals surface area contributed by atoms with Crippen LogP contribution in [0.5, 0.6) is 0 Å². The van der Waals surface area contributed by atoms with Gasteiger partial charge in [-0.2, -0.15) is 5.26 Å². The summed E-state index contributed by atoms with van der Waals surface area (Å²) >= 11 is 0. The predicted octanol–water partition coefficient (Wildman–Crippen LogP) is 2.82. The lowest BCUT2D eigenvalue weighted by Crippen LogP contribution is -2.23. The molecule has 0 aliphatic carbocycles. The van der Waals surface area contributed by atoms with Crippen molar-refractivity contribution in [2.24, 2.45) is 0 Å². The smallest absolute Gasteiger partial charge is 0.144 e. The van der Waals surface area contributed by atoms with Gasteiger partial charge in [0.2, 0.25) is 0 Å². The summed E-state index contributed by atoms with van der Waals surface area (Å²) in [7, 11) is 0. The molecule has 0 N–H and O–H groups in total. The van der Waals surface area contributed by atoms with Crippen molar-refractivity contribution in [1.82, 2.24) is 0 Å². The van der Waals surface area contributed by atoms with Crippen LogP contribution >= 0.6 is 0 Å². The molecule has 3 nitrogen and oxygen atoms in total. The van der Waals surface area contributed by atoms with Gasteiger partial charge in [0, 0.05) is 5.56 Å². The fourth-order valence-corrected chi connectivity index (χ4v) is 2.29. The largest absolute Gasteiger partial charge is 0.545 e. The Labute approximate surface area is 126 Å². The Morgan fingerprint density at radius 2 is 1.86 bits per heavy atom. The molecule has 0 heterocycles. The fraction of sp³-hybridized carbons (Fsp3) is 0.176. The van der Waals surface area contributed by atoms with Crippen LogP contribution in [0.15, 0.2) is 30.3 Å². The number of carbonyl (C=O) groups excluding carboxylic acids is 1. The Morgan fingerprint density at radius 1 is 1.23 bits per heavy atom. The standard InChI is InChI=1S/C17H13F2NO2/c1-2-3-10-4-5-12(17(21)22)13(6-10)11-7-15(18)14(9-20)16(19)8-11/h4-8H,2-3H2,1H3,(H,21,22)/p-1. The van der Waals surface area contributed by atoms with E-state index in [2.05, 4.69) is 0 Å². The van der Waals surface area contributed by atoms with E-state index >= 15 is 0 Å². The van der Waals surface area contributed by atoms with Crippen LogP contribution in [0, 0.1) is 23.0 Å². The Bertz CT molecular complexity index is 756. The van der Waals surface area contributed by atoms with Crippen molar-refractivity contribution >= 4 is 5.97 Å². The van der Waals surface area contributed by atoms with Crippen molar-refractivity contribution in [2.45, 2.75) is 19.8 Å². The van der Waals surface area contributed by atoms with Gasteiger partial charge in [-0.3, -0.25) is 0 Å². The lowest BCUT2D eigenvalue weighted by molar-refractivity contribution is -0.254. The Balaban J connectivity index is 2.67. The molecular weight excluding hydrogens is 288 g/mol. The van der Waals surface area contributed by atoms with Gasteiger partial charge >= 0.3 is 0 Å². The molecule has 0 saturated heterocycles. The van der Waals surface area contributed by atoms with Crippen LogP contribution in [0.4, 0.5) is 8.78 Å². The first-order chi connectivity index (χ1) is 10.5. The molecule has 0 saturated carbocycles. The molecular formula is C17H12F2NO2-. The number of nitriles is 1. The summed E-state index contributed by atoms with van der Waals surface area (Å²) in [5, 5.41) is 19.9. The van der Waals surface area contributed by atoms with E-state index in [0.29, 0.717) is 6.42 Å². The van der Waals surface area contributed by atoms with E-state index < -0.39 is 23.2 Å². The molecule has 0 spiro atoms. The number of rotatable bonds is 4. The van der Waals surface area contributed by atoms with Gasteiger partial charge in [0.1, 0.15) is 23.3 Å². The molecule has 2 rings (SSSR count). The first kappa shape index (κ1) is 15.6. The van der Waals surface area contributed by atoms with E-state index in [1.807, 2.05) is 6.92 Å². The molecule has 112 valence electrons. The molecule has 0 fully saturated rings. The summed E-state index contributed by atoms with van der Waals surface area (Å²) in [5.74, 6) is -3.48. The zero-order valence-corrected chi connectivity index (χ0v) is 11.8. The molecule has 0 atom stereocenters. The highest BCUT2D eigenvalue weighted by Gasteiger charge is 2.14. The maximum atomic E-state index is 13.8. The fourth-order valence-electron chi connectivity index (χ4n) is 2.29. The summed E-state index contributed by atoms with van der Waals surface area (Å²) in [6.45, 7) is 1.97. The molecule has 0 bridgehead atoms. The number of carbonyl (C=O) groups is 1. The summed E-state index contributed by atoms with van der Waals surface area (Å²) in [4.78, 5) is 11.2. The number of hydrogen-bond donors (Lipinski definition) is 0. The normalized spacial score (nSPS) is 10.3. The van der Waals surface area contributed by atoms with Gasteiger partial charge < -0.3 is 9.90 Å². The molecule has 0 aliphatic heterocycles. The SMILES string of the molecule is CCCc1ccc(C(=O)[O-])c(-c2cc(F)c(C#N)c(F)c2)c1. The number of benzene rings is 2. The average molecular weight is 300 g/mol. The number of halogens is 2. The van der Waals surface area contributed by atoms with Crippen molar-refractivity contribution < 1.29 is 18.7 Å². The van der Waals surface area contributed by atoms with Gasteiger partial charge in [0.05, 0.1) is 5.97 Å². The first-order valence-corrected chi connectivity index (χ1v) is 6.71. The third-order valence-electron chi connectivity index (χ3n) is 3.31. The second-order valence-electron chi connectivity index (χ2n) is 4.84. The number of aromatic carboxylic acids is 1. The van der Waals surface area contributed by atoms with Crippen LogP contribution in [-0.4, -0.2) is 5.97 Å². The number of carboxylic acids is 1. The Morgan fingerprint density at radius 3 is 2.36 bits per heavy atom. The molecule has 0 aliphatic rings. The molecule has 22 heavy (non-hydrogen) atoms. The molecule has 0 radical (unpaired) electrons. The number of carboxylic acid groups (broad SMARTS) is 1. The molecule has 0 aromatic heterocycles. The van der Waals surface area contributed by atoms with Gasteiger partial charge in [-0.15, -0.1) is 0 Å². The van der Waals surface area contributed by atoms with Crippen molar-refractivity contribution in [3.05, 3.63) is 58.7 Å². The van der Waals surface area contributed by atoms with Crippen LogP contribution in [0.25, 0.3) is 11.1 Å². The van der Waals surface area contributed by atoms with E-state index in [1.54, 1.807) is 12.1 Å². The minimum atomic E-state index is -1.43. The highest BCUT2D eigenvalue weighted by Crippen LogP contribution is 2.28. The van der Waals surface area contributed by atoms with Crippen molar-refractivity contribution in [2.75, 3.05) is 0 Å². The minimum Gasteiger partial charge on any atom is -0.545 e. The van der Waals surface area contributed by atoms with Crippen molar-refractivity contribution in [1.29, 1.82) is 5.26 Å². The molecule has 0 unspecified atom stereocenters. The highest BCUT2D eigenvalue weighted by atomic mass is 19.1. The predicted molar refractivity (Wildman–Crippen MR) is 74.8 cm³/mol.